The van der Waals surface area contributed by atoms with Crippen molar-refractivity contribution in [2.24, 2.45) is 11.8 Å². The lowest BCUT2D eigenvalue weighted by molar-refractivity contribution is -0.232. The molecule has 3 unspecified atom stereocenters. The Morgan fingerprint density at radius 3 is 2.35 bits per heavy atom. The van der Waals surface area contributed by atoms with Crippen molar-refractivity contribution in [1.29, 1.82) is 0 Å². The first-order valence-corrected chi connectivity index (χ1v) is 11.5. The molecule has 31 heavy (non-hydrogen) atoms. The highest BCUT2D eigenvalue weighted by Gasteiger charge is 2.60. The molecule has 0 N–H and O–H groups in total. The number of benzene rings is 2. The lowest BCUT2D eigenvalue weighted by atomic mass is 9.52. The normalized spacial score (nSPS) is 28.8. The average Bonchev–Trinajstić information content (AvgIpc) is 3.32. The largest absolute Gasteiger partial charge is 0.347 e. The van der Waals surface area contributed by atoms with Crippen molar-refractivity contribution in [2.75, 3.05) is 13.2 Å². The van der Waals surface area contributed by atoms with E-state index in [0.717, 1.165) is 37.1 Å². The molecule has 3 atom stereocenters. The number of aryl methyl sites for hydroxylation is 1. The van der Waals surface area contributed by atoms with Crippen LogP contribution in [0.1, 0.15) is 43.0 Å². The van der Waals surface area contributed by atoms with E-state index in [1.54, 1.807) is 0 Å². The summed E-state index contributed by atoms with van der Waals surface area (Å²) in [6, 6.07) is 21.3. The molecule has 1 aromatic heterocycles. The van der Waals surface area contributed by atoms with Crippen LogP contribution < -0.4 is 0 Å². The Hall–Kier alpha value is -2.56. The van der Waals surface area contributed by atoms with Gasteiger partial charge in [0.1, 0.15) is 0 Å². The Morgan fingerprint density at radius 2 is 1.61 bits per heavy atom. The van der Waals surface area contributed by atoms with Crippen molar-refractivity contribution >= 4 is 0 Å². The van der Waals surface area contributed by atoms with Gasteiger partial charge in [-0.05, 0) is 36.3 Å². The highest BCUT2D eigenvalue weighted by atomic mass is 16.7. The summed E-state index contributed by atoms with van der Waals surface area (Å²) in [5.74, 6) is 1.09. The van der Waals surface area contributed by atoms with Gasteiger partial charge < -0.3 is 9.47 Å². The van der Waals surface area contributed by atoms with Crippen molar-refractivity contribution in [2.45, 2.75) is 43.8 Å². The molecule has 1 aliphatic heterocycles. The summed E-state index contributed by atoms with van der Waals surface area (Å²) in [7, 11) is 0. The van der Waals surface area contributed by atoms with E-state index in [1.807, 2.05) is 6.07 Å². The van der Waals surface area contributed by atoms with Gasteiger partial charge in [0.15, 0.2) is 11.6 Å². The Labute approximate surface area is 183 Å². The first-order chi connectivity index (χ1) is 15.2. The van der Waals surface area contributed by atoms with Gasteiger partial charge in [0, 0.05) is 29.5 Å². The van der Waals surface area contributed by atoms with E-state index < -0.39 is 5.79 Å². The molecule has 1 saturated carbocycles. The van der Waals surface area contributed by atoms with E-state index in [0.29, 0.717) is 25.0 Å². The summed E-state index contributed by atoms with van der Waals surface area (Å²) in [5, 5.41) is 0. The number of ether oxygens (including phenoxy) is 2. The van der Waals surface area contributed by atoms with Crippen LogP contribution in [0.25, 0.3) is 11.4 Å². The molecule has 2 heterocycles. The molecule has 1 spiro atoms. The number of hydrogen-bond donors (Lipinski definition) is 0. The van der Waals surface area contributed by atoms with Crippen molar-refractivity contribution in [3.05, 3.63) is 83.7 Å². The number of rotatable bonds is 2. The van der Waals surface area contributed by atoms with Crippen molar-refractivity contribution in [3.8, 4) is 11.4 Å². The standard InChI is InChI=1S/C27H28N2O2/c1-19-23-13-12-21-18-28-25(20-8-4-2-5-9-20)29-24(21)26(23,22-10-6-3-7-11-22)14-15-27(19)30-16-17-31-27/h2-11,18-19,23H,12-17H2,1H3. The van der Waals surface area contributed by atoms with Crippen LogP contribution in [-0.4, -0.2) is 29.0 Å². The van der Waals surface area contributed by atoms with Crippen molar-refractivity contribution in [3.63, 3.8) is 0 Å². The molecule has 6 rings (SSSR count). The highest BCUT2D eigenvalue weighted by Crippen LogP contribution is 2.59. The summed E-state index contributed by atoms with van der Waals surface area (Å²) in [6.07, 6.45) is 6.05. The van der Waals surface area contributed by atoms with Crippen LogP contribution in [0.2, 0.25) is 0 Å². The predicted octanol–water partition coefficient (Wildman–Crippen LogP) is 5.17. The number of aromatic nitrogens is 2. The zero-order valence-corrected chi connectivity index (χ0v) is 18.0. The van der Waals surface area contributed by atoms with Gasteiger partial charge in [-0.25, -0.2) is 9.97 Å². The zero-order chi connectivity index (χ0) is 20.9. The topological polar surface area (TPSA) is 44.2 Å². The molecule has 4 nitrogen and oxygen atoms in total. The van der Waals surface area contributed by atoms with E-state index in [1.165, 1.54) is 16.8 Å². The minimum atomic E-state index is -0.435. The lowest BCUT2D eigenvalue weighted by Gasteiger charge is -2.55. The second-order valence-corrected chi connectivity index (χ2v) is 9.21. The monoisotopic (exact) mass is 412 g/mol. The van der Waals surface area contributed by atoms with E-state index in [4.69, 9.17) is 19.4 Å². The smallest absolute Gasteiger partial charge is 0.171 e. The van der Waals surface area contributed by atoms with Gasteiger partial charge in [-0.15, -0.1) is 0 Å². The fraction of sp³-hybridized carbons (Fsp3) is 0.407. The number of nitrogens with zero attached hydrogens (tertiary/aromatic N) is 2. The molecule has 4 heteroatoms. The van der Waals surface area contributed by atoms with Gasteiger partial charge in [-0.3, -0.25) is 0 Å². The van der Waals surface area contributed by atoms with Crippen LogP contribution in [0.4, 0.5) is 0 Å². The maximum Gasteiger partial charge on any atom is 0.171 e. The van der Waals surface area contributed by atoms with Gasteiger partial charge in [-0.1, -0.05) is 67.6 Å². The minimum Gasteiger partial charge on any atom is -0.347 e. The van der Waals surface area contributed by atoms with Gasteiger partial charge >= 0.3 is 0 Å². The van der Waals surface area contributed by atoms with Crippen LogP contribution in [0, 0.1) is 11.8 Å². The fourth-order valence-corrected chi connectivity index (χ4v) is 6.43. The average molecular weight is 413 g/mol. The molecule has 2 fully saturated rings. The van der Waals surface area contributed by atoms with Crippen LogP contribution in [0.3, 0.4) is 0 Å². The molecule has 1 saturated heterocycles. The van der Waals surface area contributed by atoms with Crippen LogP contribution >= 0.6 is 0 Å². The predicted molar refractivity (Wildman–Crippen MR) is 120 cm³/mol. The first kappa shape index (κ1) is 19.1. The van der Waals surface area contributed by atoms with E-state index >= 15 is 0 Å². The Balaban J connectivity index is 1.54. The maximum absolute atomic E-state index is 6.25. The number of fused-ring (bicyclic) bond motifs is 3. The first-order valence-electron chi connectivity index (χ1n) is 11.5. The third-order valence-corrected chi connectivity index (χ3v) is 7.91. The van der Waals surface area contributed by atoms with E-state index in [-0.39, 0.29) is 5.41 Å². The molecular weight excluding hydrogens is 384 g/mol. The van der Waals surface area contributed by atoms with E-state index in [9.17, 15) is 0 Å². The fourth-order valence-electron chi connectivity index (χ4n) is 6.43. The minimum absolute atomic E-state index is 0.138. The summed E-state index contributed by atoms with van der Waals surface area (Å²) < 4.78 is 12.5. The van der Waals surface area contributed by atoms with Crippen molar-refractivity contribution < 1.29 is 9.47 Å². The second kappa shape index (κ2) is 7.25. The maximum atomic E-state index is 6.25. The summed E-state index contributed by atoms with van der Waals surface area (Å²) >= 11 is 0. The molecule has 0 radical (unpaired) electrons. The van der Waals surface area contributed by atoms with Crippen LogP contribution in [0.15, 0.2) is 66.9 Å². The molecular formula is C27H28N2O2. The van der Waals surface area contributed by atoms with Crippen LogP contribution in [0.5, 0.6) is 0 Å². The zero-order valence-electron chi connectivity index (χ0n) is 18.0. The number of hydrogen-bond acceptors (Lipinski definition) is 4. The third kappa shape index (κ3) is 2.81. The summed E-state index contributed by atoms with van der Waals surface area (Å²) in [6.45, 7) is 3.73. The quantitative estimate of drug-likeness (QED) is 0.583. The van der Waals surface area contributed by atoms with E-state index in [2.05, 4.69) is 67.7 Å². The highest BCUT2D eigenvalue weighted by molar-refractivity contribution is 5.56. The molecule has 2 aliphatic carbocycles. The van der Waals surface area contributed by atoms with Gasteiger partial charge in [0.25, 0.3) is 0 Å². The molecule has 0 bridgehead atoms. The Morgan fingerprint density at radius 1 is 0.903 bits per heavy atom. The third-order valence-electron chi connectivity index (χ3n) is 7.91. The molecule has 0 amide bonds. The Kier molecular flexibility index (Phi) is 4.48. The van der Waals surface area contributed by atoms with Gasteiger partial charge in [0.05, 0.1) is 18.9 Å². The van der Waals surface area contributed by atoms with Gasteiger partial charge in [0.2, 0.25) is 0 Å². The Bertz CT molecular complexity index is 1080. The SMILES string of the molecule is CC1C2CCc3cnc(-c4ccccc4)nc3C2(c2ccccc2)CCC12OCCO2. The van der Waals surface area contributed by atoms with Crippen molar-refractivity contribution in [1.82, 2.24) is 9.97 Å². The molecule has 2 aromatic carbocycles. The summed E-state index contributed by atoms with van der Waals surface area (Å²) in [5.41, 5.74) is 4.79. The lowest BCUT2D eigenvalue weighted by Crippen LogP contribution is -2.57. The second-order valence-electron chi connectivity index (χ2n) is 9.21. The van der Waals surface area contributed by atoms with Crippen LogP contribution in [-0.2, 0) is 21.3 Å². The van der Waals surface area contributed by atoms with Gasteiger partial charge in [-0.2, -0.15) is 0 Å². The molecule has 3 aliphatic rings. The molecule has 158 valence electrons. The summed E-state index contributed by atoms with van der Waals surface area (Å²) in [4.78, 5) is 10.0. The molecule has 3 aromatic rings.